The van der Waals surface area contributed by atoms with Crippen LogP contribution in [0.2, 0.25) is 23.7 Å². The van der Waals surface area contributed by atoms with E-state index in [4.69, 9.17) is 21.4 Å². The van der Waals surface area contributed by atoms with Gasteiger partial charge in [-0.15, -0.1) is 0 Å². The number of rotatable bonds is 11. The van der Waals surface area contributed by atoms with E-state index in [0.717, 1.165) is 22.4 Å². The summed E-state index contributed by atoms with van der Waals surface area (Å²) in [6.07, 6.45) is 0.0423. The van der Waals surface area contributed by atoms with E-state index in [1.54, 1.807) is 21.9 Å². The molecule has 12 heteroatoms. The maximum Gasteiger partial charge on any atom is 0.264 e. The minimum absolute atomic E-state index is 0.0683. The molecule has 4 aromatic carbocycles. The molecule has 3 aliphatic rings. The third-order valence-electron chi connectivity index (χ3n) is 10.9. The maximum atomic E-state index is 15.0. The summed E-state index contributed by atoms with van der Waals surface area (Å²) < 4.78 is 6.90. The summed E-state index contributed by atoms with van der Waals surface area (Å²) in [5.41, 5.74) is 3.35. The van der Waals surface area contributed by atoms with Crippen LogP contribution in [0.5, 0.6) is 0 Å². The van der Waals surface area contributed by atoms with Gasteiger partial charge in [-0.25, -0.2) is 5.01 Å². The van der Waals surface area contributed by atoms with Crippen molar-refractivity contribution in [2.75, 3.05) is 23.1 Å². The number of nitrogens with zero attached hydrogens (tertiary/aromatic N) is 4. The Hall–Kier alpha value is -4.65. The van der Waals surface area contributed by atoms with Gasteiger partial charge in [0.1, 0.15) is 0 Å². The maximum absolute atomic E-state index is 15.0. The molecule has 4 atom stereocenters. The van der Waals surface area contributed by atoms with Crippen molar-refractivity contribution in [3.8, 4) is 0 Å². The Bertz CT molecular complexity index is 2080. The summed E-state index contributed by atoms with van der Waals surface area (Å²) >= 11 is 6.60. The van der Waals surface area contributed by atoms with Crippen LogP contribution < -0.4 is 9.91 Å². The van der Waals surface area contributed by atoms with Crippen LogP contribution in [-0.2, 0) is 37.8 Å². The molecule has 0 saturated carbocycles. The number of carbonyl (C=O) groups is 3. The van der Waals surface area contributed by atoms with Crippen LogP contribution in [0, 0.1) is 5.92 Å². The van der Waals surface area contributed by atoms with Gasteiger partial charge in [0.2, 0.25) is 11.8 Å². The summed E-state index contributed by atoms with van der Waals surface area (Å²) in [4.78, 5) is 57.1. The Morgan fingerprint density at radius 1 is 0.963 bits per heavy atom. The van der Waals surface area contributed by atoms with Crippen LogP contribution in [0.3, 0.4) is 0 Å². The molecule has 7 rings (SSSR count). The molecule has 0 aromatic heterocycles. The van der Waals surface area contributed by atoms with E-state index >= 15 is 4.79 Å². The van der Waals surface area contributed by atoms with E-state index < -0.39 is 31.5 Å². The average molecular weight is 765 g/mol. The fourth-order valence-corrected chi connectivity index (χ4v) is 11.2. The third-order valence-corrected chi connectivity index (χ3v) is 13.6. The van der Waals surface area contributed by atoms with Gasteiger partial charge in [0.05, 0.1) is 42.8 Å². The fourth-order valence-electron chi connectivity index (χ4n) is 8.49. The number of halogens is 1. The van der Waals surface area contributed by atoms with Crippen LogP contribution in [-0.4, -0.2) is 65.8 Å². The van der Waals surface area contributed by atoms with Crippen molar-refractivity contribution in [2.45, 2.75) is 69.6 Å². The number of carbonyl (C=O) groups excluding carboxylic acids is 3. The van der Waals surface area contributed by atoms with E-state index in [1.165, 1.54) is 5.01 Å². The predicted octanol–water partition coefficient (Wildman–Crippen LogP) is 6.63. The minimum atomic E-state index is -3.06. The molecule has 0 aliphatic carbocycles. The van der Waals surface area contributed by atoms with E-state index in [9.17, 15) is 19.5 Å². The lowest BCUT2D eigenvalue weighted by Gasteiger charge is -2.32. The van der Waals surface area contributed by atoms with E-state index in [1.807, 2.05) is 111 Å². The number of ether oxygens (including phenoxy) is 1. The van der Waals surface area contributed by atoms with Crippen LogP contribution in [0.25, 0.3) is 0 Å². The van der Waals surface area contributed by atoms with Crippen LogP contribution in [0.1, 0.15) is 48.4 Å². The summed E-state index contributed by atoms with van der Waals surface area (Å²) in [5.74, 6) is -1.15. The van der Waals surface area contributed by atoms with Gasteiger partial charge >= 0.3 is 0 Å². The number of aliphatic hydroxyl groups is 1. The number of benzene rings is 4. The van der Waals surface area contributed by atoms with Crippen LogP contribution >= 0.6 is 11.6 Å². The first kappa shape index (κ1) is 37.7. The number of fused-ring (bicyclic) bond motifs is 2. The van der Waals surface area contributed by atoms with Crippen LogP contribution in [0.4, 0.5) is 11.4 Å². The van der Waals surface area contributed by atoms with Crippen molar-refractivity contribution in [1.29, 1.82) is 0 Å². The monoisotopic (exact) mass is 764 g/mol. The fraction of sp³-hybridized carbons (Fsp3) is 0.333. The Morgan fingerprint density at radius 2 is 1.67 bits per heavy atom. The number of anilines is 2. The van der Waals surface area contributed by atoms with Gasteiger partial charge in [-0.2, -0.15) is 5.10 Å². The van der Waals surface area contributed by atoms with Gasteiger partial charge in [-0.3, -0.25) is 14.4 Å². The average Bonchev–Trinajstić information content (AvgIpc) is 3.58. The highest BCUT2D eigenvalue weighted by molar-refractivity contribution is 6.71. The van der Waals surface area contributed by atoms with Crippen LogP contribution in [0.15, 0.2) is 108 Å². The smallest absolute Gasteiger partial charge is 0.264 e. The lowest BCUT2D eigenvalue weighted by molar-refractivity contribution is -0.150. The zero-order valence-corrected chi connectivity index (χ0v) is 32.4. The Labute approximate surface area is 321 Å². The Balaban J connectivity index is 1.20. The normalized spacial score (nSPS) is 22.5. The lowest BCUT2D eigenvalue weighted by Crippen LogP contribution is -2.46. The molecule has 3 amide bonds. The molecule has 4 aromatic rings. The summed E-state index contributed by atoms with van der Waals surface area (Å²) in [6.45, 7) is 5.97. The molecule has 1 fully saturated rings. The van der Waals surface area contributed by atoms with Crippen molar-refractivity contribution in [2.24, 2.45) is 11.0 Å². The number of hydrazone groups is 1. The number of aliphatic hydroxyl groups excluding tert-OH is 1. The molecule has 3 heterocycles. The first-order valence-electron chi connectivity index (χ1n) is 18.4. The highest BCUT2D eigenvalue weighted by Crippen LogP contribution is 2.60. The van der Waals surface area contributed by atoms with E-state index in [-0.39, 0.29) is 43.8 Å². The standard InChI is InChI=1S/C42H45ClN4O6Si/c1-28-40(54(2,3)52)37(25-39(50)45(21-22-48)26-29-11-6-4-7-12-29)53-42(28)34-24-32(43)17-19-36(34)46(41(42)51)27-30-13-10-16-33(23-30)47-38(49)20-18-35(44-47)31-14-8-5-9-15-31/h4-17,19,23-24,28,37,40,48,52H,18,20-22,25-27H2,1-3H3/t28-,37+,40-,42+/m1/s1. The van der Waals surface area contributed by atoms with E-state index in [2.05, 4.69) is 0 Å². The zero-order valence-electron chi connectivity index (χ0n) is 30.7. The molecular weight excluding hydrogens is 720 g/mol. The Morgan fingerprint density at radius 3 is 2.37 bits per heavy atom. The molecule has 54 heavy (non-hydrogen) atoms. The highest BCUT2D eigenvalue weighted by atomic mass is 35.5. The summed E-state index contributed by atoms with van der Waals surface area (Å²) in [7, 11) is -3.06. The number of amides is 3. The van der Waals surface area contributed by atoms with Crippen molar-refractivity contribution < 1.29 is 29.0 Å². The van der Waals surface area contributed by atoms with Gasteiger partial charge in [0.25, 0.3) is 5.91 Å². The molecular formula is C42H45ClN4O6Si. The summed E-state index contributed by atoms with van der Waals surface area (Å²) in [6, 6.07) is 32.1. The van der Waals surface area contributed by atoms with Gasteiger partial charge in [-0.05, 0) is 60.1 Å². The molecule has 1 spiro atoms. The topological polar surface area (TPSA) is 123 Å². The number of hydrogen-bond acceptors (Lipinski definition) is 7. The first-order valence-corrected chi connectivity index (χ1v) is 21.8. The molecule has 10 nitrogen and oxygen atoms in total. The Kier molecular flexibility index (Phi) is 10.6. The van der Waals surface area contributed by atoms with Crippen molar-refractivity contribution in [3.63, 3.8) is 0 Å². The second-order valence-corrected chi connectivity index (χ2v) is 19.3. The quantitative estimate of drug-likeness (QED) is 0.166. The molecule has 0 radical (unpaired) electrons. The molecule has 280 valence electrons. The highest BCUT2D eigenvalue weighted by Gasteiger charge is 2.66. The van der Waals surface area contributed by atoms with Crippen molar-refractivity contribution >= 4 is 54.7 Å². The molecule has 0 bridgehead atoms. The zero-order chi connectivity index (χ0) is 38.2. The van der Waals surface area contributed by atoms with Gasteiger partial charge in [0.15, 0.2) is 13.9 Å². The minimum Gasteiger partial charge on any atom is -0.432 e. The molecule has 3 aliphatic heterocycles. The SMILES string of the molecule is C[C@@H]1[C@@H]([Si](C)(C)O)[C@H](CC(=O)N(CCO)Cc2ccccc2)O[C@@]12C(=O)N(Cc1cccc(N3N=C(c4ccccc4)CCC3=O)c1)c1ccc(Cl)cc12. The number of hydrogen-bond donors (Lipinski definition) is 2. The third kappa shape index (κ3) is 7.14. The molecule has 0 unspecified atom stereocenters. The second kappa shape index (κ2) is 15.2. The summed E-state index contributed by atoms with van der Waals surface area (Å²) in [5, 5.41) is 16.5. The van der Waals surface area contributed by atoms with Crippen molar-refractivity contribution in [1.82, 2.24) is 4.90 Å². The second-order valence-electron chi connectivity index (χ2n) is 14.9. The largest absolute Gasteiger partial charge is 0.432 e. The van der Waals surface area contributed by atoms with Gasteiger partial charge < -0.3 is 24.4 Å². The van der Waals surface area contributed by atoms with Gasteiger partial charge in [-0.1, -0.05) is 91.3 Å². The lowest BCUT2D eigenvalue weighted by atomic mass is 9.82. The predicted molar refractivity (Wildman–Crippen MR) is 212 cm³/mol. The van der Waals surface area contributed by atoms with Gasteiger partial charge in [0, 0.05) is 48.0 Å². The molecule has 1 saturated heterocycles. The first-order chi connectivity index (χ1) is 25.9. The van der Waals surface area contributed by atoms with Crippen molar-refractivity contribution in [3.05, 3.63) is 130 Å². The van der Waals surface area contributed by atoms with E-state index in [0.29, 0.717) is 41.3 Å². The molecule has 2 N–H and O–H groups in total.